The standard InChI is InChI=1S/C16H19NO4/c18-15(17-13(16(19)20)9-10-5-6-10)14-12-4-2-1-3-11(12)7-8-21-14/h1-4,10,13-14H,5-9H2,(H,17,18)(H,19,20). The zero-order valence-electron chi connectivity index (χ0n) is 11.7. The smallest absolute Gasteiger partial charge is 0.326 e. The van der Waals surface area contributed by atoms with E-state index in [4.69, 9.17) is 4.74 Å². The number of carboxylic acid groups (broad SMARTS) is 1. The van der Waals surface area contributed by atoms with Gasteiger partial charge in [-0.2, -0.15) is 0 Å². The molecule has 1 heterocycles. The molecule has 2 aliphatic rings. The lowest BCUT2D eigenvalue weighted by atomic mass is 9.97. The third-order valence-corrected chi connectivity index (χ3v) is 4.11. The van der Waals surface area contributed by atoms with E-state index in [-0.39, 0.29) is 5.91 Å². The minimum Gasteiger partial charge on any atom is -0.480 e. The first-order valence-corrected chi connectivity index (χ1v) is 7.37. The van der Waals surface area contributed by atoms with Crippen LogP contribution in [0.1, 0.15) is 36.5 Å². The molecule has 1 fully saturated rings. The second kappa shape index (κ2) is 5.85. The molecule has 1 amide bonds. The predicted octanol–water partition coefficient (Wildman–Crippen LogP) is 1.67. The summed E-state index contributed by atoms with van der Waals surface area (Å²) in [4.78, 5) is 23.6. The van der Waals surface area contributed by atoms with Crippen LogP contribution in [0.3, 0.4) is 0 Å². The van der Waals surface area contributed by atoms with Crippen molar-refractivity contribution in [2.24, 2.45) is 5.92 Å². The Morgan fingerprint density at radius 2 is 2.10 bits per heavy atom. The number of carbonyl (C=O) groups is 2. The molecule has 3 rings (SSSR count). The quantitative estimate of drug-likeness (QED) is 0.864. The number of ether oxygens (including phenoxy) is 1. The minimum atomic E-state index is -0.973. The molecule has 1 aromatic rings. The Kier molecular flexibility index (Phi) is 3.92. The highest BCUT2D eigenvalue weighted by Crippen LogP contribution is 2.34. The van der Waals surface area contributed by atoms with Gasteiger partial charge in [-0.15, -0.1) is 0 Å². The maximum Gasteiger partial charge on any atom is 0.326 e. The van der Waals surface area contributed by atoms with Crippen molar-refractivity contribution in [1.29, 1.82) is 0 Å². The van der Waals surface area contributed by atoms with Gasteiger partial charge in [0.2, 0.25) is 0 Å². The number of rotatable bonds is 5. The summed E-state index contributed by atoms with van der Waals surface area (Å²) >= 11 is 0. The minimum absolute atomic E-state index is 0.352. The Balaban J connectivity index is 1.71. The van der Waals surface area contributed by atoms with Crippen LogP contribution in [0.2, 0.25) is 0 Å². The van der Waals surface area contributed by atoms with Gasteiger partial charge in [-0.25, -0.2) is 4.79 Å². The van der Waals surface area contributed by atoms with E-state index in [2.05, 4.69) is 5.32 Å². The van der Waals surface area contributed by atoms with E-state index in [9.17, 15) is 14.7 Å². The maximum atomic E-state index is 12.4. The molecule has 1 aromatic carbocycles. The molecule has 1 saturated carbocycles. The number of nitrogens with one attached hydrogen (secondary N) is 1. The second-order valence-corrected chi connectivity index (χ2v) is 5.78. The van der Waals surface area contributed by atoms with Crippen molar-refractivity contribution in [2.75, 3.05) is 6.61 Å². The summed E-state index contributed by atoms with van der Waals surface area (Å²) in [6, 6.07) is 6.84. The first-order valence-electron chi connectivity index (χ1n) is 7.37. The van der Waals surface area contributed by atoms with Gasteiger partial charge < -0.3 is 15.2 Å². The zero-order chi connectivity index (χ0) is 14.8. The Morgan fingerprint density at radius 3 is 2.81 bits per heavy atom. The lowest BCUT2D eigenvalue weighted by molar-refractivity contribution is -0.145. The number of aliphatic carboxylic acids is 1. The van der Waals surface area contributed by atoms with E-state index < -0.39 is 18.1 Å². The van der Waals surface area contributed by atoms with Gasteiger partial charge in [0.15, 0.2) is 6.10 Å². The van der Waals surface area contributed by atoms with Gasteiger partial charge in [-0.3, -0.25) is 4.79 Å². The summed E-state index contributed by atoms with van der Waals surface area (Å²) in [6.45, 7) is 0.482. The van der Waals surface area contributed by atoms with Crippen molar-refractivity contribution in [2.45, 2.75) is 37.8 Å². The van der Waals surface area contributed by atoms with E-state index in [1.807, 2.05) is 24.3 Å². The fraction of sp³-hybridized carbons (Fsp3) is 0.500. The van der Waals surface area contributed by atoms with Crippen LogP contribution in [0.5, 0.6) is 0 Å². The molecule has 2 atom stereocenters. The van der Waals surface area contributed by atoms with Crippen LogP contribution >= 0.6 is 0 Å². The van der Waals surface area contributed by atoms with Gasteiger partial charge in [0.05, 0.1) is 6.61 Å². The van der Waals surface area contributed by atoms with Crippen LogP contribution in [-0.2, 0) is 20.7 Å². The molecule has 5 heteroatoms. The van der Waals surface area contributed by atoms with Crippen molar-refractivity contribution in [1.82, 2.24) is 5.32 Å². The fourth-order valence-electron chi connectivity index (χ4n) is 2.77. The number of carbonyl (C=O) groups excluding carboxylic acids is 1. The topological polar surface area (TPSA) is 75.6 Å². The highest BCUT2D eigenvalue weighted by Gasteiger charge is 2.33. The summed E-state index contributed by atoms with van der Waals surface area (Å²) in [5.41, 5.74) is 1.94. The summed E-state index contributed by atoms with van der Waals surface area (Å²) < 4.78 is 5.56. The number of benzene rings is 1. The number of carboxylic acids is 1. The Morgan fingerprint density at radius 1 is 1.33 bits per heavy atom. The monoisotopic (exact) mass is 289 g/mol. The number of hydrogen-bond acceptors (Lipinski definition) is 3. The van der Waals surface area contributed by atoms with Crippen molar-refractivity contribution >= 4 is 11.9 Å². The van der Waals surface area contributed by atoms with Crippen LogP contribution in [-0.4, -0.2) is 29.6 Å². The molecule has 1 aliphatic heterocycles. The largest absolute Gasteiger partial charge is 0.480 e. The number of amides is 1. The molecule has 2 N–H and O–H groups in total. The molecule has 0 bridgehead atoms. The molecular formula is C16H19NO4. The Hall–Kier alpha value is -1.88. The van der Waals surface area contributed by atoms with Crippen molar-refractivity contribution in [3.63, 3.8) is 0 Å². The predicted molar refractivity (Wildman–Crippen MR) is 75.7 cm³/mol. The van der Waals surface area contributed by atoms with Crippen molar-refractivity contribution < 1.29 is 19.4 Å². The summed E-state index contributed by atoms with van der Waals surface area (Å²) in [6.07, 6.45) is 2.71. The third-order valence-electron chi connectivity index (χ3n) is 4.11. The Labute approximate surface area is 123 Å². The molecular weight excluding hydrogens is 270 g/mol. The first-order chi connectivity index (χ1) is 10.1. The molecule has 0 saturated heterocycles. The third kappa shape index (κ3) is 3.24. The van der Waals surface area contributed by atoms with Gasteiger partial charge >= 0.3 is 5.97 Å². The number of fused-ring (bicyclic) bond motifs is 1. The van der Waals surface area contributed by atoms with Crippen molar-refractivity contribution in [3.8, 4) is 0 Å². The molecule has 2 unspecified atom stereocenters. The Bertz CT molecular complexity index is 553. The molecule has 0 aromatic heterocycles. The molecule has 0 radical (unpaired) electrons. The van der Waals surface area contributed by atoms with E-state index in [0.29, 0.717) is 18.9 Å². The van der Waals surface area contributed by atoms with Crippen LogP contribution in [0.25, 0.3) is 0 Å². The van der Waals surface area contributed by atoms with Gasteiger partial charge in [0.1, 0.15) is 6.04 Å². The highest BCUT2D eigenvalue weighted by atomic mass is 16.5. The number of hydrogen-bond donors (Lipinski definition) is 2. The van der Waals surface area contributed by atoms with Crippen LogP contribution < -0.4 is 5.32 Å². The van der Waals surface area contributed by atoms with E-state index in [1.54, 1.807) is 0 Å². The first kappa shape index (κ1) is 14.1. The maximum absolute atomic E-state index is 12.4. The highest BCUT2D eigenvalue weighted by molar-refractivity contribution is 5.87. The van der Waals surface area contributed by atoms with Crippen LogP contribution in [0.4, 0.5) is 0 Å². The summed E-state index contributed by atoms with van der Waals surface area (Å²) in [5.74, 6) is -0.888. The normalized spacial score (nSPS) is 22.2. The molecule has 1 aliphatic carbocycles. The second-order valence-electron chi connectivity index (χ2n) is 5.78. The lowest BCUT2D eigenvalue weighted by Crippen LogP contribution is -2.44. The van der Waals surface area contributed by atoms with Crippen LogP contribution in [0.15, 0.2) is 24.3 Å². The van der Waals surface area contributed by atoms with E-state index >= 15 is 0 Å². The molecule has 112 valence electrons. The van der Waals surface area contributed by atoms with Crippen LogP contribution in [0, 0.1) is 5.92 Å². The zero-order valence-corrected chi connectivity index (χ0v) is 11.7. The van der Waals surface area contributed by atoms with Gasteiger partial charge in [0.25, 0.3) is 5.91 Å². The van der Waals surface area contributed by atoms with E-state index in [1.165, 1.54) is 0 Å². The summed E-state index contributed by atoms with van der Waals surface area (Å²) in [5, 5.41) is 11.9. The average molecular weight is 289 g/mol. The van der Waals surface area contributed by atoms with Gasteiger partial charge in [0, 0.05) is 0 Å². The fourth-order valence-corrected chi connectivity index (χ4v) is 2.77. The average Bonchev–Trinajstić information content (AvgIpc) is 3.29. The van der Waals surface area contributed by atoms with Crippen molar-refractivity contribution in [3.05, 3.63) is 35.4 Å². The molecule has 5 nitrogen and oxygen atoms in total. The molecule has 0 spiro atoms. The van der Waals surface area contributed by atoms with E-state index in [0.717, 1.165) is 30.4 Å². The summed E-state index contributed by atoms with van der Waals surface area (Å²) in [7, 11) is 0. The SMILES string of the molecule is O=C(O)C(CC1CC1)NC(=O)C1OCCc2ccccc21. The lowest BCUT2D eigenvalue weighted by Gasteiger charge is -2.26. The van der Waals surface area contributed by atoms with Gasteiger partial charge in [-0.1, -0.05) is 37.1 Å². The van der Waals surface area contributed by atoms with Gasteiger partial charge in [-0.05, 0) is 29.9 Å². The molecule has 21 heavy (non-hydrogen) atoms.